The van der Waals surface area contributed by atoms with E-state index in [0.29, 0.717) is 5.56 Å². The summed E-state index contributed by atoms with van der Waals surface area (Å²) >= 11 is 6.14. The summed E-state index contributed by atoms with van der Waals surface area (Å²) in [5.41, 5.74) is 2.70. The van der Waals surface area contributed by atoms with Gasteiger partial charge < -0.3 is 15.0 Å². The minimum atomic E-state index is -0.946. The maximum Gasteiger partial charge on any atom is 0.329 e. The van der Waals surface area contributed by atoms with Crippen molar-refractivity contribution >= 4 is 34.4 Å². The van der Waals surface area contributed by atoms with Gasteiger partial charge in [0.25, 0.3) is 5.91 Å². The van der Waals surface area contributed by atoms with E-state index in [4.69, 9.17) is 16.3 Å². The molecule has 1 atom stereocenters. The number of para-hydroxylation sites is 1. The monoisotopic (exact) mass is 450 g/mol. The molecule has 0 aliphatic heterocycles. The molecule has 0 saturated carbocycles. The second kappa shape index (κ2) is 9.66. The van der Waals surface area contributed by atoms with Gasteiger partial charge in [0.2, 0.25) is 0 Å². The predicted octanol–water partition coefficient (Wildman–Crippen LogP) is 5.04. The number of halogens is 2. The minimum absolute atomic E-state index is 0.0362. The van der Waals surface area contributed by atoms with Crippen molar-refractivity contribution in [3.63, 3.8) is 0 Å². The normalized spacial score (nSPS) is 11.8. The molecule has 0 aliphatic carbocycles. The lowest BCUT2D eigenvalue weighted by Crippen LogP contribution is -2.43. The molecule has 4 aromatic rings. The van der Waals surface area contributed by atoms with Gasteiger partial charge in [-0.05, 0) is 41.5 Å². The molecule has 0 fully saturated rings. The summed E-state index contributed by atoms with van der Waals surface area (Å²) in [7, 11) is 0. The largest absolute Gasteiger partial charge is 0.459 e. The number of benzene rings is 3. The Morgan fingerprint density at radius 2 is 1.72 bits per heavy atom. The second-order valence-electron chi connectivity index (χ2n) is 7.30. The third-order valence-electron chi connectivity index (χ3n) is 5.10. The van der Waals surface area contributed by atoms with Crippen molar-refractivity contribution in [3.8, 4) is 0 Å². The topological polar surface area (TPSA) is 71.2 Å². The van der Waals surface area contributed by atoms with Crippen molar-refractivity contribution in [1.29, 1.82) is 0 Å². The number of H-pyrrole nitrogens is 1. The van der Waals surface area contributed by atoms with Crippen LogP contribution in [0.2, 0.25) is 5.02 Å². The van der Waals surface area contributed by atoms with Crippen molar-refractivity contribution in [3.05, 3.63) is 107 Å². The number of aromatic nitrogens is 1. The number of aromatic amines is 1. The SMILES string of the molecule is O=C(NC(Cc1c[nH]c2ccccc12)C(=O)OCc1ccc(F)cc1)c1ccccc1Cl. The maximum atomic E-state index is 13.1. The maximum absolute atomic E-state index is 13.1. The molecule has 0 radical (unpaired) electrons. The minimum Gasteiger partial charge on any atom is -0.459 e. The number of carbonyl (C=O) groups excluding carboxylic acids is 2. The molecular formula is C25H20ClFN2O3. The number of hydrogen-bond donors (Lipinski definition) is 2. The molecule has 0 bridgehead atoms. The van der Waals surface area contributed by atoms with Crippen LogP contribution in [0.25, 0.3) is 10.9 Å². The van der Waals surface area contributed by atoms with Gasteiger partial charge >= 0.3 is 5.97 Å². The molecule has 0 aliphatic rings. The van der Waals surface area contributed by atoms with Gasteiger partial charge in [-0.2, -0.15) is 0 Å². The number of carbonyl (C=O) groups is 2. The number of amides is 1. The van der Waals surface area contributed by atoms with Crippen LogP contribution in [-0.4, -0.2) is 22.9 Å². The molecule has 0 saturated heterocycles. The summed E-state index contributed by atoms with van der Waals surface area (Å²) in [6.45, 7) is -0.0362. The Labute approximate surface area is 189 Å². The predicted molar refractivity (Wildman–Crippen MR) is 121 cm³/mol. The molecule has 5 nitrogen and oxygen atoms in total. The highest BCUT2D eigenvalue weighted by Crippen LogP contribution is 2.21. The first kappa shape index (κ1) is 21.6. The molecule has 2 N–H and O–H groups in total. The van der Waals surface area contributed by atoms with Gasteiger partial charge in [0, 0.05) is 23.5 Å². The van der Waals surface area contributed by atoms with Crippen LogP contribution in [0.15, 0.2) is 79.0 Å². The first-order valence-corrected chi connectivity index (χ1v) is 10.4. The molecule has 1 aromatic heterocycles. The van der Waals surface area contributed by atoms with E-state index in [1.165, 1.54) is 12.1 Å². The highest BCUT2D eigenvalue weighted by molar-refractivity contribution is 6.33. The summed E-state index contributed by atoms with van der Waals surface area (Å²) in [5.74, 6) is -1.44. The van der Waals surface area contributed by atoms with Gasteiger partial charge in [-0.25, -0.2) is 9.18 Å². The van der Waals surface area contributed by atoms with E-state index in [0.717, 1.165) is 16.5 Å². The van der Waals surface area contributed by atoms with Gasteiger partial charge in [-0.3, -0.25) is 4.79 Å². The number of rotatable bonds is 7. The number of ether oxygens (including phenoxy) is 1. The van der Waals surface area contributed by atoms with Crippen molar-refractivity contribution < 1.29 is 18.7 Å². The second-order valence-corrected chi connectivity index (χ2v) is 7.71. The third kappa shape index (κ3) is 4.98. The lowest BCUT2D eigenvalue weighted by Gasteiger charge is -2.18. The van der Waals surface area contributed by atoms with Crippen LogP contribution in [0.1, 0.15) is 21.5 Å². The fourth-order valence-electron chi connectivity index (χ4n) is 3.43. The molecule has 32 heavy (non-hydrogen) atoms. The number of nitrogens with one attached hydrogen (secondary N) is 2. The Morgan fingerprint density at radius 1 is 1.00 bits per heavy atom. The third-order valence-corrected chi connectivity index (χ3v) is 5.43. The Bertz CT molecular complexity index is 1250. The van der Waals surface area contributed by atoms with Crippen LogP contribution in [-0.2, 0) is 22.6 Å². The molecule has 4 rings (SSSR count). The van der Waals surface area contributed by atoms with Crippen LogP contribution >= 0.6 is 11.6 Å². The summed E-state index contributed by atoms with van der Waals surface area (Å²) in [5, 5.41) is 3.99. The molecule has 7 heteroatoms. The van der Waals surface area contributed by atoms with Crippen LogP contribution in [0.3, 0.4) is 0 Å². The first-order valence-electron chi connectivity index (χ1n) is 10.0. The highest BCUT2D eigenvalue weighted by atomic mass is 35.5. The smallest absolute Gasteiger partial charge is 0.329 e. The standard InChI is InChI=1S/C25H20ClFN2O3/c26-21-7-3-1-6-20(21)24(30)29-23(13-17-14-28-22-8-4-2-5-19(17)22)25(31)32-15-16-9-11-18(27)12-10-16/h1-12,14,23,28H,13,15H2,(H,29,30). The number of esters is 1. The van der Waals surface area contributed by atoms with Crippen molar-refractivity contribution in [2.24, 2.45) is 0 Å². The van der Waals surface area contributed by atoms with E-state index in [-0.39, 0.29) is 29.4 Å². The van der Waals surface area contributed by atoms with Gasteiger partial charge in [-0.1, -0.05) is 54.1 Å². The van der Waals surface area contributed by atoms with Gasteiger partial charge in [0.15, 0.2) is 0 Å². The Balaban J connectivity index is 1.55. The average Bonchev–Trinajstić information content (AvgIpc) is 3.21. The zero-order valence-electron chi connectivity index (χ0n) is 17.0. The summed E-state index contributed by atoms with van der Waals surface area (Å²) in [6, 6.07) is 19.0. The highest BCUT2D eigenvalue weighted by Gasteiger charge is 2.25. The Morgan fingerprint density at radius 3 is 2.50 bits per heavy atom. The van der Waals surface area contributed by atoms with E-state index in [1.54, 1.807) is 36.4 Å². The summed E-state index contributed by atoms with van der Waals surface area (Å²) < 4.78 is 18.6. The quantitative estimate of drug-likeness (QED) is 0.387. The summed E-state index contributed by atoms with van der Waals surface area (Å²) in [4.78, 5) is 28.9. The van der Waals surface area contributed by atoms with E-state index in [2.05, 4.69) is 10.3 Å². The molecule has 1 unspecified atom stereocenters. The van der Waals surface area contributed by atoms with Gasteiger partial charge in [0.1, 0.15) is 18.5 Å². The van der Waals surface area contributed by atoms with E-state index >= 15 is 0 Å². The fraction of sp³-hybridized carbons (Fsp3) is 0.120. The van der Waals surface area contributed by atoms with Crippen molar-refractivity contribution in [2.75, 3.05) is 0 Å². The van der Waals surface area contributed by atoms with Crippen molar-refractivity contribution in [1.82, 2.24) is 10.3 Å². The first-order chi connectivity index (χ1) is 15.5. The zero-order chi connectivity index (χ0) is 22.5. The lowest BCUT2D eigenvalue weighted by atomic mass is 10.0. The van der Waals surface area contributed by atoms with E-state index in [9.17, 15) is 14.0 Å². The fourth-order valence-corrected chi connectivity index (χ4v) is 3.65. The summed E-state index contributed by atoms with van der Waals surface area (Å²) in [6.07, 6.45) is 2.04. The van der Waals surface area contributed by atoms with Gasteiger partial charge in [-0.15, -0.1) is 0 Å². The van der Waals surface area contributed by atoms with Crippen LogP contribution < -0.4 is 5.32 Å². The molecule has 0 spiro atoms. The van der Waals surface area contributed by atoms with Crippen LogP contribution in [0, 0.1) is 5.82 Å². The Kier molecular flexibility index (Phi) is 6.52. The molecular weight excluding hydrogens is 431 g/mol. The zero-order valence-corrected chi connectivity index (χ0v) is 17.7. The lowest BCUT2D eigenvalue weighted by molar-refractivity contribution is -0.147. The molecule has 3 aromatic carbocycles. The molecule has 1 heterocycles. The van der Waals surface area contributed by atoms with E-state index in [1.807, 2.05) is 30.5 Å². The van der Waals surface area contributed by atoms with Crippen LogP contribution in [0.4, 0.5) is 4.39 Å². The Hall–Kier alpha value is -3.64. The average molecular weight is 451 g/mol. The number of hydrogen-bond acceptors (Lipinski definition) is 3. The number of fused-ring (bicyclic) bond motifs is 1. The molecule has 162 valence electrons. The van der Waals surface area contributed by atoms with E-state index < -0.39 is 17.9 Å². The van der Waals surface area contributed by atoms with Gasteiger partial charge in [0.05, 0.1) is 10.6 Å². The van der Waals surface area contributed by atoms with Crippen molar-refractivity contribution in [2.45, 2.75) is 19.1 Å². The van der Waals surface area contributed by atoms with Crippen LogP contribution in [0.5, 0.6) is 0 Å². The molecule has 1 amide bonds.